The molecule has 2 amide bonds. The Morgan fingerprint density at radius 1 is 1.35 bits per heavy atom. The molecule has 2 N–H and O–H groups in total. The van der Waals surface area contributed by atoms with E-state index in [0.29, 0.717) is 12.3 Å². The van der Waals surface area contributed by atoms with E-state index < -0.39 is 17.9 Å². The normalized spacial score (nSPS) is 14.4. The second kappa shape index (κ2) is 6.26. The molecular formula is C17H18N2O4. The Morgan fingerprint density at radius 2 is 2.17 bits per heavy atom. The van der Waals surface area contributed by atoms with Gasteiger partial charge < -0.3 is 19.7 Å². The number of benzene rings is 1. The molecule has 6 heteroatoms. The number of hydrogen-bond acceptors (Lipinski definition) is 4. The number of carbonyl (C=O) groups excluding carboxylic acids is 2. The topological polar surface area (TPSA) is 82.8 Å². The minimum absolute atomic E-state index is 0.0768. The number of aryl methyl sites for hydroxylation is 1. The van der Waals surface area contributed by atoms with Crippen LogP contribution in [0.4, 0.5) is 5.69 Å². The highest BCUT2D eigenvalue weighted by Gasteiger charge is 2.30. The summed E-state index contributed by atoms with van der Waals surface area (Å²) < 4.78 is 5.05. The number of aliphatic hydroxyl groups is 1. The first-order valence-electron chi connectivity index (χ1n) is 7.47. The zero-order valence-corrected chi connectivity index (χ0v) is 12.8. The van der Waals surface area contributed by atoms with Crippen molar-refractivity contribution < 1.29 is 19.1 Å². The number of anilines is 1. The first-order chi connectivity index (χ1) is 11.1. The lowest BCUT2D eigenvalue weighted by Gasteiger charge is -2.17. The smallest absolute Gasteiger partial charge is 0.316 e. The van der Waals surface area contributed by atoms with Crippen LogP contribution in [0.25, 0.3) is 0 Å². The zero-order valence-electron chi connectivity index (χ0n) is 12.8. The van der Waals surface area contributed by atoms with Gasteiger partial charge in [0.05, 0.1) is 12.8 Å². The molecule has 120 valence electrons. The molecule has 1 atom stereocenters. The van der Waals surface area contributed by atoms with E-state index in [0.717, 1.165) is 23.2 Å². The summed E-state index contributed by atoms with van der Waals surface area (Å²) in [4.78, 5) is 25.9. The van der Waals surface area contributed by atoms with E-state index in [4.69, 9.17) is 4.42 Å². The second-order valence-corrected chi connectivity index (χ2v) is 5.52. The number of hydrogen-bond donors (Lipinski definition) is 2. The van der Waals surface area contributed by atoms with Crippen LogP contribution >= 0.6 is 0 Å². The van der Waals surface area contributed by atoms with Crippen LogP contribution in [0.5, 0.6) is 0 Å². The Morgan fingerprint density at radius 3 is 2.91 bits per heavy atom. The zero-order chi connectivity index (χ0) is 16.4. The van der Waals surface area contributed by atoms with Crippen LogP contribution < -0.4 is 10.2 Å². The lowest BCUT2D eigenvalue weighted by atomic mass is 10.1. The van der Waals surface area contributed by atoms with Gasteiger partial charge >= 0.3 is 11.8 Å². The molecule has 0 saturated heterocycles. The maximum atomic E-state index is 12.3. The molecule has 0 aliphatic carbocycles. The van der Waals surface area contributed by atoms with Crippen molar-refractivity contribution in [1.82, 2.24) is 5.32 Å². The third kappa shape index (κ3) is 2.98. The van der Waals surface area contributed by atoms with Crippen LogP contribution in [0.3, 0.4) is 0 Å². The summed E-state index contributed by atoms with van der Waals surface area (Å²) in [5.41, 5.74) is 3.01. The summed E-state index contributed by atoms with van der Waals surface area (Å²) in [5, 5.41) is 12.3. The predicted molar refractivity (Wildman–Crippen MR) is 83.9 cm³/mol. The lowest BCUT2D eigenvalue weighted by molar-refractivity contribution is -0.137. The molecule has 0 bridgehead atoms. The van der Waals surface area contributed by atoms with Gasteiger partial charge in [0.25, 0.3) is 0 Å². The van der Waals surface area contributed by atoms with Crippen molar-refractivity contribution in [1.29, 1.82) is 0 Å². The SMILES string of the molecule is Cc1cccc2c1CCN2C(=O)C(=O)NCC(O)c1ccco1. The quantitative estimate of drug-likeness (QED) is 0.837. The van der Waals surface area contributed by atoms with E-state index in [1.165, 1.54) is 11.2 Å². The van der Waals surface area contributed by atoms with E-state index in [9.17, 15) is 14.7 Å². The molecule has 3 rings (SSSR count). The molecule has 6 nitrogen and oxygen atoms in total. The summed E-state index contributed by atoms with van der Waals surface area (Å²) in [5.74, 6) is -0.995. The molecule has 1 unspecified atom stereocenters. The molecule has 2 heterocycles. The molecule has 0 spiro atoms. The van der Waals surface area contributed by atoms with Crippen molar-refractivity contribution in [3.8, 4) is 0 Å². The maximum Gasteiger partial charge on any atom is 0.316 e. The standard InChI is InChI=1S/C17H18N2O4/c1-11-4-2-5-13-12(11)7-8-19(13)17(22)16(21)18-10-14(20)15-6-3-9-23-15/h2-6,9,14,20H,7-8,10H2,1H3,(H,18,21). The summed E-state index contributed by atoms with van der Waals surface area (Å²) in [6.07, 6.45) is 1.21. The summed E-state index contributed by atoms with van der Waals surface area (Å²) >= 11 is 0. The van der Waals surface area contributed by atoms with Crippen molar-refractivity contribution >= 4 is 17.5 Å². The number of fused-ring (bicyclic) bond motifs is 1. The first-order valence-corrected chi connectivity index (χ1v) is 7.47. The number of carbonyl (C=O) groups is 2. The van der Waals surface area contributed by atoms with E-state index in [2.05, 4.69) is 5.32 Å². The Hall–Kier alpha value is -2.60. The van der Waals surface area contributed by atoms with Crippen LogP contribution in [-0.4, -0.2) is 30.0 Å². The van der Waals surface area contributed by atoms with Gasteiger partial charge in [0.1, 0.15) is 11.9 Å². The number of furan rings is 1. The number of amides is 2. The van der Waals surface area contributed by atoms with Gasteiger partial charge in [0.15, 0.2) is 0 Å². The fourth-order valence-corrected chi connectivity index (χ4v) is 2.79. The molecule has 0 radical (unpaired) electrons. The average Bonchev–Trinajstić information content (AvgIpc) is 3.21. The fourth-order valence-electron chi connectivity index (χ4n) is 2.79. The Labute approximate surface area is 133 Å². The summed E-state index contributed by atoms with van der Waals surface area (Å²) in [6.45, 7) is 2.41. The van der Waals surface area contributed by atoms with Crippen molar-refractivity contribution in [2.45, 2.75) is 19.4 Å². The van der Waals surface area contributed by atoms with Gasteiger partial charge in [0, 0.05) is 12.2 Å². The highest BCUT2D eigenvalue weighted by molar-refractivity contribution is 6.40. The van der Waals surface area contributed by atoms with Crippen molar-refractivity contribution in [2.75, 3.05) is 18.0 Å². The van der Waals surface area contributed by atoms with Crippen LogP contribution in [0.2, 0.25) is 0 Å². The molecular weight excluding hydrogens is 296 g/mol. The minimum Gasteiger partial charge on any atom is -0.467 e. The second-order valence-electron chi connectivity index (χ2n) is 5.52. The Kier molecular flexibility index (Phi) is 4.16. The maximum absolute atomic E-state index is 12.3. The number of rotatable bonds is 3. The van der Waals surface area contributed by atoms with E-state index >= 15 is 0 Å². The molecule has 0 fully saturated rings. The summed E-state index contributed by atoms with van der Waals surface area (Å²) in [7, 11) is 0. The molecule has 1 aliphatic rings. The van der Waals surface area contributed by atoms with Crippen molar-refractivity contribution in [3.63, 3.8) is 0 Å². The van der Waals surface area contributed by atoms with Gasteiger partial charge in [0.2, 0.25) is 0 Å². The molecule has 1 aromatic carbocycles. The third-order valence-corrected chi connectivity index (χ3v) is 4.03. The molecule has 1 aliphatic heterocycles. The number of nitrogens with zero attached hydrogens (tertiary/aromatic N) is 1. The number of aliphatic hydroxyl groups excluding tert-OH is 1. The predicted octanol–water partition coefficient (Wildman–Crippen LogP) is 1.33. The van der Waals surface area contributed by atoms with Crippen LogP contribution in [0.1, 0.15) is 23.0 Å². The van der Waals surface area contributed by atoms with Gasteiger partial charge in [-0.05, 0) is 42.7 Å². The largest absolute Gasteiger partial charge is 0.467 e. The van der Waals surface area contributed by atoms with E-state index in [1.54, 1.807) is 12.1 Å². The van der Waals surface area contributed by atoms with Gasteiger partial charge in [-0.15, -0.1) is 0 Å². The van der Waals surface area contributed by atoms with Crippen molar-refractivity contribution in [3.05, 3.63) is 53.5 Å². The molecule has 23 heavy (non-hydrogen) atoms. The number of nitrogens with one attached hydrogen (secondary N) is 1. The van der Waals surface area contributed by atoms with Crippen LogP contribution in [-0.2, 0) is 16.0 Å². The summed E-state index contributed by atoms with van der Waals surface area (Å²) in [6, 6.07) is 8.97. The van der Waals surface area contributed by atoms with Crippen LogP contribution in [0.15, 0.2) is 41.0 Å². The van der Waals surface area contributed by atoms with Gasteiger partial charge in [-0.1, -0.05) is 12.1 Å². The fraction of sp³-hybridized carbons (Fsp3) is 0.294. The Balaban J connectivity index is 1.63. The van der Waals surface area contributed by atoms with E-state index in [-0.39, 0.29) is 6.54 Å². The molecule has 1 aromatic heterocycles. The van der Waals surface area contributed by atoms with E-state index in [1.807, 2.05) is 25.1 Å². The third-order valence-electron chi connectivity index (χ3n) is 4.03. The van der Waals surface area contributed by atoms with Crippen molar-refractivity contribution in [2.24, 2.45) is 0 Å². The minimum atomic E-state index is -0.977. The monoisotopic (exact) mass is 314 g/mol. The molecule has 0 saturated carbocycles. The van der Waals surface area contributed by atoms with Gasteiger partial charge in [-0.2, -0.15) is 0 Å². The van der Waals surface area contributed by atoms with Gasteiger partial charge in [-0.3, -0.25) is 9.59 Å². The first kappa shape index (κ1) is 15.3. The average molecular weight is 314 g/mol. The Bertz CT molecular complexity index is 724. The highest BCUT2D eigenvalue weighted by Crippen LogP contribution is 2.30. The van der Waals surface area contributed by atoms with Crippen LogP contribution in [0, 0.1) is 6.92 Å². The van der Waals surface area contributed by atoms with Gasteiger partial charge in [-0.25, -0.2) is 0 Å². The molecule has 2 aromatic rings. The lowest BCUT2D eigenvalue weighted by Crippen LogP contribution is -2.43. The highest BCUT2D eigenvalue weighted by atomic mass is 16.4.